The van der Waals surface area contributed by atoms with E-state index in [0.717, 1.165) is 17.0 Å². The van der Waals surface area contributed by atoms with Crippen LogP contribution in [0.25, 0.3) is 11.4 Å². The summed E-state index contributed by atoms with van der Waals surface area (Å²) in [6, 6.07) is 7.78. The van der Waals surface area contributed by atoms with Crippen molar-refractivity contribution in [3.63, 3.8) is 0 Å². The summed E-state index contributed by atoms with van der Waals surface area (Å²) >= 11 is 0. The number of hydrogen-bond donors (Lipinski definition) is 1. The minimum atomic E-state index is -4.92. The molecule has 1 atom stereocenters. The lowest BCUT2D eigenvalue weighted by Crippen LogP contribution is -2.52. The van der Waals surface area contributed by atoms with Gasteiger partial charge >= 0.3 is 12.2 Å². The molecule has 260 valence electrons. The molecular formula is C31H36F3N5O8S. The molecule has 17 heteroatoms. The molecule has 48 heavy (non-hydrogen) atoms. The molecule has 2 aliphatic heterocycles. The number of hydrogen-bond acceptors (Lipinski definition) is 11. The van der Waals surface area contributed by atoms with Crippen molar-refractivity contribution in [2.45, 2.75) is 43.9 Å². The number of carbonyl (C=O) groups excluding carboxylic acids is 2. The van der Waals surface area contributed by atoms with Crippen molar-refractivity contribution < 1.29 is 50.3 Å². The van der Waals surface area contributed by atoms with Gasteiger partial charge in [-0.2, -0.15) is 18.2 Å². The quantitative estimate of drug-likeness (QED) is 0.275. The van der Waals surface area contributed by atoms with E-state index in [9.17, 15) is 36.3 Å². The van der Waals surface area contributed by atoms with Gasteiger partial charge in [0, 0.05) is 31.7 Å². The molecule has 3 amide bonds. The van der Waals surface area contributed by atoms with E-state index in [1.807, 2.05) is 0 Å². The number of aliphatic hydroxyl groups is 1. The van der Waals surface area contributed by atoms with Gasteiger partial charge in [-0.3, -0.25) is 14.6 Å². The number of amides is 3. The Hall–Kier alpha value is -4.06. The minimum Gasteiger partial charge on any atom is -0.455 e. The molecule has 2 fully saturated rings. The number of ether oxygens (including phenoxy) is 2. The number of alkyl halides is 3. The van der Waals surface area contributed by atoms with E-state index in [4.69, 9.17) is 14.0 Å². The van der Waals surface area contributed by atoms with Gasteiger partial charge in [0.2, 0.25) is 11.7 Å². The second-order valence-electron chi connectivity index (χ2n) is 12.2. The third kappa shape index (κ3) is 7.33. The molecule has 0 spiro atoms. The number of urea groups is 1. The smallest absolute Gasteiger partial charge is 0.420 e. The Labute approximate surface area is 275 Å². The van der Waals surface area contributed by atoms with Crippen LogP contribution in [-0.4, -0.2) is 108 Å². The second kappa shape index (κ2) is 13.8. The highest BCUT2D eigenvalue weighted by Crippen LogP contribution is 2.41. The first-order valence-electron chi connectivity index (χ1n) is 15.2. The fraction of sp³-hybridized carbons (Fsp3) is 0.484. The van der Waals surface area contributed by atoms with Crippen molar-refractivity contribution in [1.29, 1.82) is 0 Å². The van der Waals surface area contributed by atoms with Gasteiger partial charge in [-0.05, 0) is 43.2 Å². The lowest BCUT2D eigenvalue weighted by Gasteiger charge is -2.33. The van der Waals surface area contributed by atoms with Crippen LogP contribution in [0, 0.1) is 5.92 Å². The number of morpholine rings is 1. The first kappa shape index (κ1) is 35.3. The Balaban J connectivity index is 1.36. The van der Waals surface area contributed by atoms with Gasteiger partial charge in [0.15, 0.2) is 9.84 Å². The van der Waals surface area contributed by atoms with Crippen LogP contribution in [0.1, 0.15) is 32.2 Å². The van der Waals surface area contributed by atoms with Crippen LogP contribution in [0.15, 0.2) is 51.9 Å². The zero-order valence-corrected chi connectivity index (χ0v) is 27.4. The molecule has 1 unspecified atom stereocenters. The maximum absolute atomic E-state index is 14.3. The van der Waals surface area contributed by atoms with E-state index in [0.29, 0.717) is 32.8 Å². The largest absolute Gasteiger partial charge is 0.455 e. The number of para-hydroxylation sites is 1. The van der Waals surface area contributed by atoms with Gasteiger partial charge in [0.25, 0.3) is 5.91 Å². The van der Waals surface area contributed by atoms with E-state index in [2.05, 4.69) is 15.0 Å². The zero-order valence-electron chi connectivity index (χ0n) is 26.6. The molecule has 0 radical (unpaired) electrons. The summed E-state index contributed by atoms with van der Waals surface area (Å²) in [7, 11) is -3.86. The summed E-state index contributed by atoms with van der Waals surface area (Å²) in [5.41, 5.74) is -2.87. The monoisotopic (exact) mass is 695 g/mol. The Morgan fingerprint density at radius 2 is 1.77 bits per heavy atom. The summed E-state index contributed by atoms with van der Waals surface area (Å²) in [5, 5.41) is 13.9. The highest BCUT2D eigenvalue weighted by Gasteiger charge is 2.54. The topological polar surface area (TPSA) is 156 Å². The molecule has 3 heterocycles. The molecule has 0 bridgehead atoms. The molecule has 3 aromatic rings. The zero-order chi connectivity index (χ0) is 34.9. The number of carbonyl (C=O) groups is 2. The summed E-state index contributed by atoms with van der Waals surface area (Å²) in [6.07, 6.45) is -4.92. The molecule has 2 saturated heterocycles. The van der Waals surface area contributed by atoms with Crippen molar-refractivity contribution >= 4 is 21.8 Å². The number of sulfone groups is 1. The number of benzene rings is 2. The van der Waals surface area contributed by atoms with Crippen molar-refractivity contribution in [2.24, 2.45) is 5.92 Å². The SMILES string of the molecule is CC(C)CS(=O)(=O)c1ccccc1Oc1ccc(-c2noc(CN3C(=O)N(CCN4CCOCC4)C(C)(CO)C3=O)n2)cc1C(F)(F)F. The van der Waals surface area contributed by atoms with Crippen LogP contribution < -0.4 is 4.74 Å². The molecular weight excluding hydrogens is 659 g/mol. The lowest BCUT2D eigenvalue weighted by atomic mass is 10.0. The van der Waals surface area contributed by atoms with Crippen LogP contribution in [-0.2, 0) is 32.1 Å². The maximum Gasteiger partial charge on any atom is 0.420 e. The second-order valence-corrected chi connectivity index (χ2v) is 14.2. The third-order valence-electron chi connectivity index (χ3n) is 8.08. The summed E-state index contributed by atoms with van der Waals surface area (Å²) < 4.78 is 84.7. The average Bonchev–Trinajstić information content (AvgIpc) is 3.57. The van der Waals surface area contributed by atoms with Gasteiger partial charge < -0.3 is 24.0 Å². The standard InChI is InChI=1S/C31H36F3N5O8S/c1-20(2)18-48(43,44)25-7-5-4-6-24(25)46-23-9-8-21(16-22(23)31(32,33)34)27-35-26(47-36-27)17-38-28(41)30(3,19-40)39(29(38)42)11-10-37-12-14-45-15-13-37/h4-9,16,20,40H,10-15,17-19H2,1-3H3. The van der Waals surface area contributed by atoms with Gasteiger partial charge in [-0.15, -0.1) is 0 Å². The number of halogens is 3. The lowest BCUT2D eigenvalue weighted by molar-refractivity contribution is -0.138. The molecule has 0 saturated carbocycles. The number of imide groups is 1. The van der Waals surface area contributed by atoms with E-state index < -0.39 is 58.0 Å². The highest BCUT2D eigenvalue weighted by atomic mass is 32.2. The van der Waals surface area contributed by atoms with Crippen molar-refractivity contribution in [2.75, 3.05) is 51.8 Å². The van der Waals surface area contributed by atoms with Gasteiger partial charge in [0.1, 0.15) is 28.5 Å². The van der Waals surface area contributed by atoms with Crippen LogP contribution in [0.5, 0.6) is 11.5 Å². The van der Waals surface area contributed by atoms with Crippen LogP contribution in [0.2, 0.25) is 0 Å². The fourth-order valence-corrected chi connectivity index (χ4v) is 7.30. The Morgan fingerprint density at radius 1 is 1.06 bits per heavy atom. The van der Waals surface area contributed by atoms with E-state index >= 15 is 0 Å². The molecule has 2 aromatic carbocycles. The summed E-state index contributed by atoms with van der Waals surface area (Å²) in [5.74, 6) is -2.52. The minimum absolute atomic E-state index is 0.114. The predicted octanol–water partition coefficient (Wildman–Crippen LogP) is 3.82. The molecule has 5 rings (SSSR count). The number of rotatable bonds is 12. The first-order valence-corrected chi connectivity index (χ1v) is 16.9. The fourth-order valence-electron chi connectivity index (χ4n) is 5.54. The van der Waals surface area contributed by atoms with Crippen LogP contribution in [0.4, 0.5) is 18.0 Å². The summed E-state index contributed by atoms with van der Waals surface area (Å²) in [4.78, 5) is 34.7. The number of nitrogens with zero attached hydrogens (tertiary/aromatic N) is 5. The van der Waals surface area contributed by atoms with E-state index in [1.54, 1.807) is 13.8 Å². The van der Waals surface area contributed by atoms with E-state index in [1.165, 1.54) is 42.2 Å². The van der Waals surface area contributed by atoms with Gasteiger partial charge in [-0.25, -0.2) is 13.2 Å². The number of aliphatic hydroxyl groups excluding tert-OH is 1. The van der Waals surface area contributed by atoms with Gasteiger partial charge in [0.05, 0.1) is 31.1 Å². The van der Waals surface area contributed by atoms with Crippen molar-refractivity contribution in [3.05, 3.63) is 53.9 Å². The Bertz CT molecular complexity index is 1760. The predicted molar refractivity (Wildman–Crippen MR) is 164 cm³/mol. The number of aromatic nitrogens is 2. The Morgan fingerprint density at radius 3 is 2.44 bits per heavy atom. The highest BCUT2D eigenvalue weighted by molar-refractivity contribution is 7.91. The van der Waals surface area contributed by atoms with Crippen molar-refractivity contribution in [1.82, 2.24) is 24.8 Å². The first-order chi connectivity index (χ1) is 22.6. The van der Waals surface area contributed by atoms with Crippen molar-refractivity contribution in [3.8, 4) is 22.9 Å². The average molecular weight is 696 g/mol. The van der Waals surface area contributed by atoms with Crippen LogP contribution >= 0.6 is 0 Å². The normalized spacial score (nSPS) is 19.5. The third-order valence-corrected chi connectivity index (χ3v) is 10.2. The molecule has 1 N–H and O–H groups in total. The molecule has 2 aliphatic rings. The van der Waals surface area contributed by atoms with Crippen LogP contribution in [0.3, 0.4) is 0 Å². The van der Waals surface area contributed by atoms with Gasteiger partial charge in [-0.1, -0.05) is 31.1 Å². The molecule has 1 aromatic heterocycles. The molecule has 0 aliphatic carbocycles. The maximum atomic E-state index is 14.3. The molecule has 13 nitrogen and oxygen atoms in total. The van der Waals surface area contributed by atoms with E-state index in [-0.39, 0.29) is 46.1 Å². The Kier molecular flexibility index (Phi) is 10.1. The summed E-state index contributed by atoms with van der Waals surface area (Å²) in [6.45, 7) is 6.81.